The number of rotatable bonds is 7. The first kappa shape index (κ1) is 17.6. The van der Waals surface area contributed by atoms with Gasteiger partial charge < -0.3 is 9.52 Å². The highest BCUT2D eigenvalue weighted by Crippen LogP contribution is 2.28. The third-order valence-electron chi connectivity index (χ3n) is 4.20. The largest absolute Gasteiger partial charge is 0.461 e. The first-order valence-corrected chi connectivity index (χ1v) is 9.66. The van der Waals surface area contributed by atoms with Gasteiger partial charge in [0.2, 0.25) is 5.82 Å². The van der Waals surface area contributed by atoms with Crippen LogP contribution in [-0.4, -0.2) is 25.6 Å². The number of hydrogen-bond donors (Lipinski definition) is 1. The third kappa shape index (κ3) is 4.13. The standard InChI is InChI=1S/C21H19N3O2S/c25-18(17-10-5-2-6-11-17)15-27-21-23-22-20(19-12-7-13-26-19)24(21)14-16-8-3-1-4-9-16/h1-13,18,25H,14-15H2/t18-/m0/s1. The predicted octanol–water partition coefficient (Wildman–Crippen LogP) is 4.41. The minimum atomic E-state index is -0.565. The first-order chi connectivity index (χ1) is 13.3. The van der Waals surface area contributed by atoms with Crippen LogP contribution < -0.4 is 0 Å². The molecule has 0 aliphatic rings. The lowest BCUT2D eigenvalue weighted by Gasteiger charge is -2.12. The summed E-state index contributed by atoms with van der Waals surface area (Å²) >= 11 is 1.49. The van der Waals surface area contributed by atoms with Gasteiger partial charge in [-0.15, -0.1) is 10.2 Å². The Bertz CT molecular complexity index is 969. The molecule has 4 aromatic rings. The van der Waals surface area contributed by atoms with Crippen LogP contribution in [0.5, 0.6) is 0 Å². The van der Waals surface area contributed by atoms with Crippen LogP contribution in [0.15, 0.2) is 88.6 Å². The van der Waals surface area contributed by atoms with Crippen molar-refractivity contribution < 1.29 is 9.52 Å². The predicted molar refractivity (Wildman–Crippen MR) is 105 cm³/mol. The highest BCUT2D eigenvalue weighted by Gasteiger charge is 2.18. The molecule has 1 N–H and O–H groups in total. The van der Waals surface area contributed by atoms with Gasteiger partial charge in [-0.2, -0.15) is 0 Å². The third-order valence-corrected chi connectivity index (χ3v) is 5.24. The summed E-state index contributed by atoms with van der Waals surface area (Å²) in [5.41, 5.74) is 2.04. The molecule has 0 aliphatic carbocycles. The van der Waals surface area contributed by atoms with E-state index in [1.165, 1.54) is 11.8 Å². The lowest BCUT2D eigenvalue weighted by atomic mass is 10.1. The van der Waals surface area contributed by atoms with Crippen LogP contribution in [0, 0.1) is 0 Å². The molecule has 0 saturated heterocycles. The van der Waals surface area contributed by atoms with Crippen LogP contribution in [0.1, 0.15) is 17.2 Å². The van der Waals surface area contributed by atoms with Crippen molar-refractivity contribution in [3.63, 3.8) is 0 Å². The number of aliphatic hydroxyl groups excluding tert-OH is 1. The molecule has 0 amide bonds. The topological polar surface area (TPSA) is 64.1 Å². The van der Waals surface area contributed by atoms with Crippen LogP contribution >= 0.6 is 11.8 Å². The van der Waals surface area contributed by atoms with Gasteiger partial charge in [-0.3, -0.25) is 4.57 Å². The zero-order valence-corrected chi connectivity index (χ0v) is 15.4. The minimum absolute atomic E-state index is 0.495. The molecule has 4 rings (SSSR count). The number of hydrogen-bond acceptors (Lipinski definition) is 5. The zero-order chi connectivity index (χ0) is 18.5. The highest BCUT2D eigenvalue weighted by molar-refractivity contribution is 7.99. The molecule has 0 unspecified atom stereocenters. The number of aromatic nitrogens is 3. The second-order valence-corrected chi connectivity index (χ2v) is 7.08. The molecule has 27 heavy (non-hydrogen) atoms. The molecule has 0 saturated carbocycles. The fraction of sp³-hybridized carbons (Fsp3) is 0.143. The Morgan fingerprint density at radius 1 is 0.926 bits per heavy atom. The van der Waals surface area contributed by atoms with Gasteiger partial charge in [-0.05, 0) is 23.3 Å². The lowest BCUT2D eigenvalue weighted by molar-refractivity contribution is 0.204. The van der Waals surface area contributed by atoms with E-state index in [4.69, 9.17) is 4.42 Å². The summed E-state index contributed by atoms with van der Waals surface area (Å²) < 4.78 is 7.55. The number of furan rings is 1. The van der Waals surface area contributed by atoms with Crippen LogP contribution in [0.3, 0.4) is 0 Å². The summed E-state index contributed by atoms with van der Waals surface area (Å²) in [4.78, 5) is 0. The van der Waals surface area contributed by atoms with Crippen LogP contribution in [0.25, 0.3) is 11.6 Å². The summed E-state index contributed by atoms with van der Waals surface area (Å²) in [5.74, 6) is 1.85. The van der Waals surface area contributed by atoms with Crippen molar-refractivity contribution in [1.29, 1.82) is 0 Å². The van der Waals surface area contributed by atoms with Crippen molar-refractivity contribution in [3.8, 4) is 11.6 Å². The van der Waals surface area contributed by atoms with E-state index in [-0.39, 0.29) is 0 Å². The number of thioether (sulfide) groups is 1. The fourth-order valence-corrected chi connectivity index (χ4v) is 3.72. The second-order valence-electron chi connectivity index (χ2n) is 6.09. The Kier molecular flexibility index (Phi) is 5.37. The molecule has 1 atom stereocenters. The SMILES string of the molecule is O[C@@H](CSc1nnc(-c2ccco2)n1Cc1ccccc1)c1ccccc1. The van der Waals surface area contributed by atoms with Crippen molar-refractivity contribution in [1.82, 2.24) is 14.8 Å². The van der Waals surface area contributed by atoms with Crippen molar-refractivity contribution in [2.75, 3.05) is 5.75 Å². The monoisotopic (exact) mass is 377 g/mol. The van der Waals surface area contributed by atoms with E-state index >= 15 is 0 Å². The van der Waals surface area contributed by atoms with Gasteiger partial charge in [0.1, 0.15) is 0 Å². The molecule has 2 aromatic carbocycles. The normalized spacial score (nSPS) is 12.2. The molecule has 136 valence electrons. The smallest absolute Gasteiger partial charge is 0.200 e. The minimum Gasteiger partial charge on any atom is -0.461 e. The molecule has 0 fully saturated rings. The Hall–Kier alpha value is -2.83. The maximum atomic E-state index is 10.5. The van der Waals surface area contributed by atoms with E-state index in [9.17, 15) is 5.11 Å². The molecular weight excluding hydrogens is 358 g/mol. The Morgan fingerprint density at radius 2 is 1.67 bits per heavy atom. The molecule has 2 heterocycles. The number of benzene rings is 2. The molecule has 6 heteroatoms. The summed E-state index contributed by atoms with van der Waals surface area (Å²) in [6.45, 7) is 0.633. The van der Waals surface area contributed by atoms with Crippen LogP contribution in [0.2, 0.25) is 0 Å². The summed E-state index contributed by atoms with van der Waals surface area (Å²) in [7, 11) is 0. The molecule has 0 aliphatic heterocycles. The van der Waals surface area contributed by atoms with Gasteiger partial charge in [0, 0.05) is 5.75 Å². The van der Waals surface area contributed by atoms with Crippen molar-refractivity contribution >= 4 is 11.8 Å². The van der Waals surface area contributed by atoms with Gasteiger partial charge in [0.15, 0.2) is 10.9 Å². The second kappa shape index (κ2) is 8.24. The lowest BCUT2D eigenvalue weighted by Crippen LogP contribution is -2.06. The molecule has 2 aromatic heterocycles. The molecule has 0 bridgehead atoms. The molecular formula is C21H19N3O2S. The Morgan fingerprint density at radius 3 is 2.37 bits per heavy atom. The van der Waals surface area contributed by atoms with Crippen molar-refractivity contribution in [2.24, 2.45) is 0 Å². The van der Waals surface area contributed by atoms with Crippen molar-refractivity contribution in [3.05, 3.63) is 90.2 Å². The van der Waals surface area contributed by atoms with E-state index in [2.05, 4.69) is 22.3 Å². The van der Waals surface area contributed by atoms with Gasteiger partial charge in [0.25, 0.3) is 0 Å². The summed E-state index contributed by atoms with van der Waals surface area (Å²) in [5, 5.41) is 19.9. The maximum absolute atomic E-state index is 10.5. The van der Waals surface area contributed by atoms with Gasteiger partial charge in [0.05, 0.1) is 18.9 Å². The Labute approximate surface area is 161 Å². The zero-order valence-electron chi connectivity index (χ0n) is 14.6. The van der Waals surface area contributed by atoms with Crippen molar-refractivity contribution in [2.45, 2.75) is 17.8 Å². The van der Waals surface area contributed by atoms with E-state index in [0.29, 0.717) is 23.9 Å². The number of nitrogens with zero attached hydrogens (tertiary/aromatic N) is 3. The molecule has 5 nitrogen and oxygen atoms in total. The van der Waals surface area contributed by atoms with Crippen LogP contribution in [-0.2, 0) is 6.54 Å². The fourth-order valence-electron chi connectivity index (χ4n) is 2.82. The van der Waals surface area contributed by atoms with E-state index in [1.54, 1.807) is 6.26 Å². The van der Waals surface area contributed by atoms with Gasteiger partial charge >= 0.3 is 0 Å². The number of aliphatic hydroxyl groups is 1. The van der Waals surface area contributed by atoms with E-state index in [0.717, 1.165) is 16.3 Å². The molecule has 0 spiro atoms. The first-order valence-electron chi connectivity index (χ1n) is 8.68. The maximum Gasteiger partial charge on any atom is 0.200 e. The quantitative estimate of drug-likeness (QED) is 0.483. The average molecular weight is 377 g/mol. The summed E-state index contributed by atoms with van der Waals surface area (Å²) in [6, 6.07) is 23.5. The van der Waals surface area contributed by atoms with Gasteiger partial charge in [-0.1, -0.05) is 72.4 Å². The molecule has 0 radical (unpaired) electrons. The summed E-state index contributed by atoms with van der Waals surface area (Å²) in [6.07, 6.45) is 1.06. The van der Waals surface area contributed by atoms with E-state index < -0.39 is 6.10 Å². The highest BCUT2D eigenvalue weighted by atomic mass is 32.2. The van der Waals surface area contributed by atoms with Crippen LogP contribution in [0.4, 0.5) is 0 Å². The average Bonchev–Trinajstić information content (AvgIpc) is 3.38. The Balaban J connectivity index is 1.58. The van der Waals surface area contributed by atoms with E-state index in [1.807, 2.05) is 65.2 Å². The van der Waals surface area contributed by atoms with Gasteiger partial charge in [-0.25, -0.2) is 0 Å².